The van der Waals surface area contributed by atoms with Crippen molar-refractivity contribution in [1.29, 1.82) is 0 Å². The molecule has 0 unspecified atom stereocenters. The smallest absolute Gasteiger partial charge is 0.271 e. The van der Waals surface area contributed by atoms with E-state index in [1.807, 2.05) is 6.07 Å². The maximum Gasteiger partial charge on any atom is 0.271 e. The molecule has 0 aliphatic rings. The number of anilines is 1. The molecule has 0 saturated carbocycles. The van der Waals surface area contributed by atoms with Gasteiger partial charge in [-0.1, -0.05) is 12.1 Å². The molecule has 1 aromatic carbocycles. The maximum absolute atomic E-state index is 11.1. The first-order valence-electron chi connectivity index (χ1n) is 5.77. The average molecular weight is 271 g/mol. The van der Waals surface area contributed by atoms with Crippen LogP contribution in [0, 0.1) is 0 Å². The summed E-state index contributed by atoms with van der Waals surface area (Å²) in [5, 5.41) is 0. The second-order valence-electron chi connectivity index (χ2n) is 4.20. The van der Waals surface area contributed by atoms with Crippen LogP contribution in [0.5, 0.6) is 0 Å². The highest BCUT2D eigenvalue weighted by Crippen LogP contribution is 2.12. The van der Waals surface area contributed by atoms with Crippen molar-refractivity contribution < 1.29 is 9.59 Å². The predicted molar refractivity (Wildman–Crippen MR) is 72.7 cm³/mol. The third-order valence-corrected chi connectivity index (χ3v) is 2.68. The highest BCUT2D eigenvalue weighted by atomic mass is 16.1. The Morgan fingerprint density at radius 1 is 1.15 bits per heavy atom. The summed E-state index contributed by atoms with van der Waals surface area (Å²) < 4.78 is 0. The number of carbonyl (C=O) groups is 2. The Balaban J connectivity index is 2.30. The molecule has 0 saturated heterocycles. The summed E-state index contributed by atoms with van der Waals surface area (Å²) in [5.74, 6) is -1.25. The number of primary amides is 2. The van der Waals surface area contributed by atoms with Crippen LogP contribution in [0.25, 0.3) is 0 Å². The number of rotatable bonds is 4. The van der Waals surface area contributed by atoms with E-state index in [1.165, 1.54) is 6.20 Å². The van der Waals surface area contributed by atoms with Gasteiger partial charge in [0, 0.05) is 12.0 Å². The van der Waals surface area contributed by atoms with E-state index in [9.17, 15) is 9.59 Å². The zero-order valence-electron chi connectivity index (χ0n) is 10.5. The lowest BCUT2D eigenvalue weighted by atomic mass is 10.1. The fraction of sp³-hybridized carbons (Fsp3) is 0.0769. The Kier molecular flexibility index (Phi) is 3.60. The predicted octanol–water partition coefficient (Wildman–Crippen LogP) is -0.153. The molecule has 6 N–H and O–H groups in total. The van der Waals surface area contributed by atoms with Gasteiger partial charge in [0.15, 0.2) is 11.5 Å². The van der Waals surface area contributed by atoms with E-state index in [0.717, 1.165) is 5.56 Å². The molecule has 1 heterocycles. The molecule has 2 aromatic rings. The first kappa shape index (κ1) is 13.5. The van der Waals surface area contributed by atoms with Gasteiger partial charge in [0.25, 0.3) is 5.91 Å². The quantitative estimate of drug-likeness (QED) is 0.709. The van der Waals surface area contributed by atoms with E-state index in [0.29, 0.717) is 17.7 Å². The van der Waals surface area contributed by atoms with Crippen LogP contribution in [0.2, 0.25) is 0 Å². The van der Waals surface area contributed by atoms with Gasteiger partial charge in [-0.15, -0.1) is 0 Å². The number of nitrogen functional groups attached to an aromatic ring is 1. The molecule has 0 spiro atoms. The van der Waals surface area contributed by atoms with Crippen molar-refractivity contribution in [1.82, 2.24) is 9.97 Å². The van der Waals surface area contributed by atoms with Crippen LogP contribution in [-0.4, -0.2) is 21.8 Å². The highest BCUT2D eigenvalue weighted by Gasteiger charge is 2.11. The van der Waals surface area contributed by atoms with E-state index in [1.54, 1.807) is 18.2 Å². The van der Waals surface area contributed by atoms with Crippen LogP contribution >= 0.6 is 0 Å². The zero-order chi connectivity index (χ0) is 14.7. The van der Waals surface area contributed by atoms with Crippen molar-refractivity contribution in [2.24, 2.45) is 11.5 Å². The zero-order valence-corrected chi connectivity index (χ0v) is 10.5. The van der Waals surface area contributed by atoms with Gasteiger partial charge in [-0.3, -0.25) is 9.59 Å². The van der Waals surface area contributed by atoms with Gasteiger partial charge in [0.1, 0.15) is 0 Å². The molecule has 2 rings (SSSR count). The van der Waals surface area contributed by atoms with Gasteiger partial charge in [0.2, 0.25) is 5.91 Å². The third kappa shape index (κ3) is 2.89. The fourth-order valence-electron chi connectivity index (χ4n) is 1.75. The Labute approximate surface area is 114 Å². The lowest BCUT2D eigenvalue weighted by Gasteiger charge is -2.05. The number of benzene rings is 1. The lowest BCUT2D eigenvalue weighted by molar-refractivity contribution is 0.0989. The molecule has 0 fully saturated rings. The molecule has 0 aliphatic carbocycles. The number of hydrogen-bond donors (Lipinski definition) is 3. The van der Waals surface area contributed by atoms with Crippen molar-refractivity contribution in [2.75, 3.05) is 5.73 Å². The summed E-state index contributed by atoms with van der Waals surface area (Å²) in [7, 11) is 0. The summed E-state index contributed by atoms with van der Waals surface area (Å²) in [4.78, 5) is 30.2. The topological polar surface area (TPSA) is 138 Å². The van der Waals surface area contributed by atoms with E-state index < -0.39 is 11.8 Å². The van der Waals surface area contributed by atoms with Gasteiger partial charge in [-0.25, -0.2) is 9.97 Å². The molecular weight excluding hydrogens is 258 g/mol. The summed E-state index contributed by atoms with van der Waals surface area (Å²) in [6, 6.07) is 6.81. The van der Waals surface area contributed by atoms with Gasteiger partial charge in [-0.2, -0.15) is 0 Å². The molecule has 102 valence electrons. The lowest BCUT2D eigenvalue weighted by Crippen LogP contribution is -2.17. The van der Waals surface area contributed by atoms with E-state index >= 15 is 0 Å². The summed E-state index contributed by atoms with van der Waals surface area (Å²) in [5.41, 5.74) is 17.6. The minimum absolute atomic E-state index is 0.00728. The number of nitrogens with two attached hydrogens (primary N) is 3. The molecule has 0 atom stereocenters. The summed E-state index contributed by atoms with van der Waals surface area (Å²) in [6.45, 7) is 0. The molecule has 7 heteroatoms. The number of carbonyl (C=O) groups excluding carboxylic acids is 2. The molecule has 0 radical (unpaired) electrons. The summed E-state index contributed by atoms with van der Waals surface area (Å²) >= 11 is 0. The van der Waals surface area contributed by atoms with E-state index in [4.69, 9.17) is 17.2 Å². The Hall–Kier alpha value is -2.96. The van der Waals surface area contributed by atoms with E-state index in [2.05, 4.69) is 9.97 Å². The molecule has 2 amide bonds. The Bertz CT molecular complexity index is 684. The number of amides is 2. The minimum Gasteiger partial charge on any atom is -0.382 e. The van der Waals surface area contributed by atoms with Gasteiger partial charge < -0.3 is 17.2 Å². The van der Waals surface area contributed by atoms with Crippen LogP contribution in [-0.2, 0) is 6.42 Å². The molecular formula is C13H13N5O2. The van der Waals surface area contributed by atoms with Crippen molar-refractivity contribution in [3.63, 3.8) is 0 Å². The van der Waals surface area contributed by atoms with Crippen LogP contribution in [0.15, 0.2) is 30.5 Å². The monoisotopic (exact) mass is 271 g/mol. The Morgan fingerprint density at radius 3 is 2.55 bits per heavy atom. The highest BCUT2D eigenvalue weighted by molar-refractivity contribution is 5.95. The molecule has 0 aliphatic heterocycles. The van der Waals surface area contributed by atoms with Crippen molar-refractivity contribution in [3.8, 4) is 0 Å². The normalized spacial score (nSPS) is 10.2. The van der Waals surface area contributed by atoms with Crippen LogP contribution < -0.4 is 17.2 Å². The first-order chi connectivity index (χ1) is 9.47. The molecule has 20 heavy (non-hydrogen) atoms. The number of hydrogen-bond acceptors (Lipinski definition) is 5. The van der Waals surface area contributed by atoms with Crippen LogP contribution in [0.4, 0.5) is 5.82 Å². The fourth-order valence-corrected chi connectivity index (χ4v) is 1.75. The van der Waals surface area contributed by atoms with Crippen LogP contribution in [0.3, 0.4) is 0 Å². The second-order valence-corrected chi connectivity index (χ2v) is 4.20. The van der Waals surface area contributed by atoms with Gasteiger partial charge in [0.05, 0.1) is 11.9 Å². The van der Waals surface area contributed by atoms with Crippen molar-refractivity contribution >= 4 is 17.6 Å². The molecule has 7 nitrogen and oxygen atoms in total. The van der Waals surface area contributed by atoms with Crippen LogP contribution in [0.1, 0.15) is 32.1 Å². The van der Waals surface area contributed by atoms with Crippen molar-refractivity contribution in [2.45, 2.75) is 6.42 Å². The SMILES string of the molecule is NC(=O)c1cccc(Cc2cnc(N)c(C(N)=O)n2)c1. The molecule has 0 bridgehead atoms. The number of aromatic nitrogens is 2. The minimum atomic E-state index is -0.734. The second kappa shape index (κ2) is 5.35. The average Bonchev–Trinajstić information content (AvgIpc) is 2.41. The number of nitrogens with zero attached hydrogens (tertiary/aromatic N) is 2. The third-order valence-electron chi connectivity index (χ3n) is 2.68. The first-order valence-corrected chi connectivity index (χ1v) is 5.77. The Morgan fingerprint density at radius 2 is 1.90 bits per heavy atom. The van der Waals surface area contributed by atoms with Gasteiger partial charge >= 0.3 is 0 Å². The molecule has 1 aromatic heterocycles. The largest absolute Gasteiger partial charge is 0.382 e. The van der Waals surface area contributed by atoms with Crippen molar-refractivity contribution in [3.05, 3.63) is 53.0 Å². The van der Waals surface area contributed by atoms with E-state index in [-0.39, 0.29) is 11.5 Å². The maximum atomic E-state index is 11.1. The standard InChI is InChI=1S/C13H13N5O2/c14-11-10(13(16)20)18-9(6-17-11)5-7-2-1-3-8(4-7)12(15)19/h1-4,6H,5H2,(H2,14,17)(H2,15,19)(H2,16,20). The van der Waals surface area contributed by atoms with Gasteiger partial charge in [-0.05, 0) is 17.7 Å². The summed E-state index contributed by atoms with van der Waals surface area (Å²) in [6.07, 6.45) is 1.84.